The first kappa shape index (κ1) is 25.1. The number of nitrogens with zero attached hydrogens (tertiary/aromatic N) is 1. The third kappa shape index (κ3) is 7.23. The molecular weight excluding hydrogens is 445 g/mol. The van der Waals surface area contributed by atoms with Crippen molar-refractivity contribution in [3.05, 3.63) is 59.7 Å². The molecule has 2 aromatic rings. The van der Waals surface area contributed by atoms with Crippen LogP contribution in [-0.2, 0) is 21.1 Å². The molecule has 7 nitrogen and oxygen atoms in total. The van der Waals surface area contributed by atoms with Crippen molar-refractivity contribution < 1.29 is 22.3 Å². The second-order valence-electron chi connectivity index (χ2n) is 8.91. The van der Waals surface area contributed by atoms with Crippen molar-refractivity contribution in [3.8, 4) is 5.75 Å². The third-order valence-corrected chi connectivity index (χ3v) is 7.45. The SMILES string of the molecule is CCS(=O)(=O)CCC(NC1CC(C)(C)Oc2ccc(F)cc21)C(=O)NCCc1ccccn1. The quantitative estimate of drug-likeness (QED) is 0.546. The fraction of sp³-hybridized carbons (Fsp3) is 0.500. The number of halogens is 1. The van der Waals surface area contributed by atoms with Crippen LogP contribution in [-0.4, -0.2) is 49.0 Å². The van der Waals surface area contributed by atoms with Crippen molar-refractivity contribution in [2.24, 2.45) is 0 Å². The fourth-order valence-electron chi connectivity index (χ4n) is 3.93. The molecule has 0 saturated heterocycles. The molecule has 0 saturated carbocycles. The maximum absolute atomic E-state index is 14.0. The van der Waals surface area contributed by atoms with Crippen LogP contribution in [0.5, 0.6) is 5.75 Å². The molecule has 1 aliphatic heterocycles. The Kier molecular flexibility index (Phi) is 8.07. The normalized spacial score (nSPS) is 18.1. The first-order valence-electron chi connectivity index (χ1n) is 11.2. The summed E-state index contributed by atoms with van der Waals surface area (Å²) >= 11 is 0. The minimum atomic E-state index is -3.26. The van der Waals surface area contributed by atoms with Crippen LogP contribution >= 0.6 is 0 Å². The smallest absolute Gasteiger partial charge is 0.237 e. The summed E-state index contributed by atoms with van der Waals surface area (Å²) in [4.78, 5) is 17.3. The van der Waals surface area contributed by atoms with Gasteiger partial charge in [-0.05, 0) is 50.6 Å². The van der Waals surface area contributed by atoms with Gasteiger partial charge in [-0.2, -0.15) is 0 Å². The number of pyridine rings is 1. The third-order valence-electron chi connectivity index (χ3n) is 5.71. The molecule has 0 aliphatic carbocycles. The summed E-state index contributed by atoms with van der Waals surface area (Å²) in [6, 6.07) is 8.79. The summed E-state index contributed by atoms with van der Waals surface area (Å²) in [5.74, 6) is -0.231. The summed E-state index contributed by atoms with van der Waals surface area (Å²) in [7, 11) is -3.26. The van der Waals surface area contributed by atoms with E-state index in [1.807, 2.05) is 32.0 Å². The monoisotopic (exact) mass is 477 g/mol. The van der Waals surface area contributed by atoms with Gasteiger partial charge >= 0.3 is 0 Å². The predicted octanol–water partition coefficient (Wildman–Crippen LogP) is 2.96. The van der Waals surface area contributed by atoms with Crippen LogP contribution in [0.4, 0.5) is 4.39 Å². The summed E-state index contributed by atoms with van der Waals surface area (Å²) in [5, 5.41) is 6.19. The van der Waals surface area contributed by atoms with E-state index in [9.17, 15) is 17.6 Å². The predicted molar refractivity (Wildman–Crippen MR) is 125 cm³/mol. The number of fused-ring (bicyclic) bond motifs is 1. The number of benzene rings is 1. The molecule has 1 aliphatic rings. The second kappa shape index (κ2) is 10.6. The molecule has 0 fully saturated rings. The summed E-state index contributed by atoms with van der Waals surface area (Å²) in [6.45, 7) is 5.82. The molecule has 2 atom stereocenters. The lowest BCUT2D eigenvalue weighted by Crippen LogP contribution is -2.49. The van der Waals surface area contributed by atoms with Crippen LogP contribution in [0.15, 0.2) is 42.6 Å². The van der Waals surface area contributed by atoms with Crippen LogP contribution in [0.2, 0.25) is 0 Å². The van der Waals surface area contributed by atoms with Crippen LogP contribution in [0.25, 0.3) is 0 Å². The van der Waals surface area contributed by atoms with Gasteiger partial charge in [0.2, 0.25) is 5.91 Å². The average Bonchev–Trinajstić information content (AvgIpc) is 2.77. The van der Waals surface area contributed by atoms with Crippen molar-refractivity contribution >= 4 is 15.7 Å². The van der Waals surface area contributed by atoms with Crippen molar-refractivity contribution in [2.75, 3.05) is 18.1 Å². The number of carbonyl (C=O) groups is 1. The van der Waals surface area contributed by atoms with Gasteiger partial charge in [-0.15, -0.1) is 0 Å². The average molecular weight is 478 g/mol. The number of carbonyl (C=O) groups excluding carboxylic acids is 1. The lowest BCUT2D eigenvalue weighted by Gasteiger charge is -2.39. The van der Waals surface area contributed by atoms with Gasteiger partial charge in [-0.1, -0.05) is 13.0 Å². The van der Waals surface area contributed by atoms with Gasteiger partial charge in [0.05, 0.1) is 11.8 Å². The van der Waals surface area contributed by atoms with Gasteiger partial charge in [-0.25, -0.2) is 12.8 Å². The highest BCUT2D eigenvalue weighted by Gasteiger charge is 2.36. The van der Waals surface area contributed by atoms with E-state index in [2.05, 4.69) is 15.6 Å². The van der Waals surface area contributed by atoms with Crippen LogP contribution in [0.3, 0.4) is 0 Å². The molecule has 2 heterocycles. The lowest BCUT2D eigenvalue weighted by molar-refractivity contribution is -0.123. The zero-order valence-corrected chi connectivity index (χ0v) is 20.1. The zero-order valence-electron chi connectivity index (χ0n) is 19.3. The van der Waals surface area contributed by atoms with E-state index >= 15 is 0 Å². The Morgan fingerprint density at radius 1 is 1.30 bits per heavy atom. The van der Waals surface area contributed by atoms with E-state index in [0.29, 0.717) is 30.7 Å². The molecular formula is C24H32FN3O4S. The largest absolute Gasteiger partial charge is 0.487 e. The number of hydrogen-bond donors (Lipinski definition) is 2. The second-order valence-corrected chi connectivity index (χ2v) is 11.4. The van der Waals surface area contributed by atoms with Gasteiger partial charge in [0.25, 0.3) is 0 Å². The Balaban J connectivity index is 1.76. The number of ether oxygens (including phenoxy) is 1. The van der Waals surface area contributed by atoms with Gasteiger partial charge < -0.3 is 10.1 Å². The molecule has 1 amide bonds. The number of aromatic nitrogens is 1. The number of rotatable bonds is 10. The van der Waals surface area contributed by atoms with Gasteiger partial charge in [0.15, 0.2) is 0 Å². The van der Waals surface area contributed by atoms with Crippen LogP contribution in [0.1, 0.15) is 50.9 Å². The van der Waals surface area contributed by atoms with E-state index in [0.717, 1.165) is 5.69 Å². The van der Waals surface area contributed by atoms with Crippen molar-refractivity contribution in [1.82, 2.24) is 15.6 Å². The van der Waals surface area contributed by atoms with Gasteiger partial charge in [0.1, 0.15) is 27.0 Å². The standard InChI is InChI=1S/C24H32FN3O4S/c1-4-33(30,31)14-11-20(23(29)27-13-10-18-7-5-6-12-26-18)28-21-16-24(2,3)32-22-9-8-17(25)15-19(21)22/h5-9,12,15,20-21,28H,4,10-11,13-14,16H2,1-3H3,(H,27,29). The van der Waals surface area contributed by atoms with Gasteiger partial charge in [-0.3, -0.25) is 15.1 Å². The molecule has 0 spiro atoms. The number of nitrogens with one attached hydrogen (secondary N) is 2. The number of hydrogen-bond acceptors (Lipinski definition) is 6. The topological polar surface area (TPSA) is 97.4 Å². The van der Waals surface area contributed by atoms with Crippen LogP contribution < -0.4 is 15.4 Å². The van der Waals surface area contributed by atoms with E-state index in [-0.39, 0.29) is 29.9 Å². The summed E-state index contributed by atoms with van der Waals surface area (Å²) in [6.07, 6.45) is 2.88. The van der Waals surface area contributed by atoms with E-state index in [1.165, 1.54) is 12.1 Å². The molecule has 9 heteroatoms. The van der Waals surface area contributed by atoms with E-state index in [1.54, 1.807) is 19.2 Å². The van der Waals surface area contributed by atoms with Crippen LogP contribution in [0, 0.1) is 5.82 Å². The van der Waals surface area contributed by atoms with Gasteiger partial charge in [0, 0.05) is 48.6 Å². The highest BCUT2D eigenvalue weighted by atomic mass is 32.2. The summed E-state index contributed by atoms with van der Waals surface area (Å²) in [5.41, 5.74) is 0.947. The molecule has 0 radical (unpaired) electrons. The lowest BCUT2D eigenvalue weighted by atomic mass is 9.89. The Hall–Kier alpha value is -2.52. The minimum absolute atomic E-state index is 0.0133. The molecule has 0 bridgehead atoms. The Morgan fingerprint density at radius 2 is 2.09 bits per heavy atom. The first-order chi connectivity index (χ1) is 15.6. The van der Waals surface area contributed by atoms with Crippen molar-refractivity contribution in [1.29, 1.82) is 0 Å². The minimum Gasteiger partial charge on any atom is -0.487 e. The first-order valence-corrected chi connectivity index (χ1v) is 13.0. The van der Waals surface area contributed by atoms with E-state index in [4.69, 9.17) is 4.74 Å². The highest BCUT2D eigenvalue weighted by molar-refractivity contribution is 7.91. The molecule has 180 valence electrons. The molecule has 3 rings (SSSR count). The molecule has 1 aromatic heterocycles. The summed E-state index contributed by atoms with van der Waals surface area (Å²) < 4.78 is 44.2. The van der Waals surface area contributed by atoms with E-state index < -0.39 is 27.3 Å². The highest BCUT2D eigenvalue weighted by Crippen LogP contribution is 2.40. The molecule has 1 aromatic carbocycles. The molecule has 33 heavy (non-hydrogen) atoms. The van der Waals surface area contributed by atoms with Crippen molar-refractivity contribution in [2.45, 2.75) is 57.7 Å². The Labute approximate surface area is 195 Å². The fourth-order valence-corrected chi connectivity index (χ4v) is 4.82. The van der Waals surface area contributed by atoms with Crippen molar-refractivity contribution in [3.63, 3.8) is 0 Å². The number of amides is 1. The Bertz CT molecular complexity index is 1060. The maximum Gasteiger partial charge on any atom is 0.237 e. The zero-order chi connectivity index (χ0) is 24.1. The number of sulfone groups is 1. The Morgan fingerprint density at radius 3 is 2.79 bits per heavy atom. The maximum atomic E-state index is 14.0. The molecule has 2 unspecified atom stereocenters. The molecule has 2 N–H and O–H groups in total.